The number of nitrogens with zero attached hydrogens (tertiary/aromatic N) is 2. The molecule has 156 valence electrons. The van der Waals surface area contributed by atoms with Gasteiger partial charge in [0.25, 0.3) is 0 Å². The van der Waals surface area contributed by atoms with Crippen molar-refractivity contribution in [1.82, 2.24) is 15.2 Å². The molecule has 0 bridgehead atoms. The maximum absolute atomic E-state index is 12.5. The second-order valence-corrected chi connectivity index (χ2v) is 8.35. The van der Waals surface area contributed by atoms with Gasteiger partial charge in [-0.1, -0.05) is 56.5 Å². The third kappa shape index (κ3) is 4.75. The van der Waals surface area contributed by atoms with Crippen LogP contribution in [0.5, 0.6) is 0 Å². The number of amides is 1. The van der Waals surface area contributed by atoms with Gasteiger partial charge in [0, 0.05) is 30.7 Å². The molecule has 30 heavy (non-hydrogen) atoms. The first-order chi connectivity index (χ1) is 14.6. The molecule has 6 heteroatoms. The number of pyridine rings is 1. The molecule has 1 atom stereocenters. The maximum atomic E-state index is 12.5. The van der Waals surface area contributed by atoms with Crippen LogP contribution in [0.3, 0.4) is 0 Å². The Morgan fingerprint density at radius 2 is 1.93 bits per heavy atom. The number of nitrogens with one attached hydrogen (secondary N) is 2. The first-order valence-electron chi connectivity index (χ1n) is 10.8. The molecule has 0 aliphatic heterocycles. The van der Waals surface area contributed by atoms with Gasteiger partial charge in [-0.2, -0.15) is 5.10 Å². The lowest BCUT2D eigenvalue weighted by atomic mass is 9.89. The van der Waals surface area contributed by atoms with Crippen molar-refractivity contribution < 1.29 is 9.59 Å². The second-order valence-electron chi connectivity index (χ2n) is 8.35. The average Bonchev–Trinajstić information content (AvgIpc) is 3.16. The first kappa shape index (κ1) is 20.3. The standard InChI is InChI=1S/C24H28N4O2/c1-16(17-8-4-2-5-9-17)12-20(29)13-19-14-22-21(15-25-19)23(28-27-22)26-24(30)18-10-6-3-7-11-18/h2,4-5,8-9,14-16,18H,3,6-7,10-13H2,1H3,(H2,26,27,28,30)/t16-/m0/s1. The average molecular weight is 405 g/mol. The first-order valence-corrected chi connectivity index (χ1v) is 10.8. The minimum atomic E-state index is 0.0391. The minimum absolute atomic E-state index is 0.0391. The lowest BCUT2D eigenvalue weighted by Crippen LogP contribution is -2.24. The van der Waals surface area contributed by atoms with Crippen molar-refractivity contribution in [2.75, 3.05) is 5.32 Å². The van der Waals surface area contributed by atoms with E-state index < -0.39 is 0 Å². The molecule has 6 nitrogen and oxygen atoms in total. The summed E-state index contributed by atoms with van der Waals surface area (Å²) in [5, 5.41) is 10.9. The summed E-state index contributed by atoms with van der Waals surface area (Å²) in [5.41, 5.74) is 2.66. The van der Waals surface area contributed by atoms with Gasteiger partial charge in [-0.3, -0.25) is 19.7 Å². The van der Waals surface area contributed by atoms with Crippen molar-refractivity contribution in [3.63, 3.8) is 0 Å². The van der Waals surface area contributed by atoms with Gasteiger partial charge in [0.2, 0.25) is 5.91 Å². The number of hydrogen-bond donors (Lipinski definition) is 2. The van der Waals surface area contributed by atoms with E-state index in [0.717, 1.165) is 36.6 Å². The van der Waals surface area contributed by atoms with Crippen molar-refractivity contribution in [2.45, 2.75) is 57.8 Å². The highest BCUT2D eigenvalue weighted by Gasteiger charge is 2.22. The van der Waals surface area contributed by atoms with Crippen LogP contribution < -0.4 is 5.32 Å². The molecule has 1 saturated carbocycles. The van der Waals surface area contributed by atoms with E-state index in [9.17, 15) is 9.59 Å². The lowest BCUT2D eigenvalue weighted by Gasteiger charge is -2.20. The molecule has 2 N–H and O–H groups in total. The normalized spacial score (nSPS) is 15.8. The van der Waals surface area contributed by atoms with Crippen LogP contribution in [0.2, 0.25) is 0 Å². The third-order valence-electron chi connectivity index (χ3n) is 6.00. The summed E-state index contributed by atoms with van der Waals surface area (Å²) in [6.07, 6.45) is 7.79. The molecule has 0 saturated heterocycles. The molecule has 1 fully saturated rings. The van der Waals surface area contributed by atoms with Gasteiger partial charge in [0.1, 0.15) is 5.78 Å². The highest BCUT2D eigenvalue weighted by atomic mass is 16.2. The Bertz CT molecular complexity index is 1020. The number of Topliss-reactive ketones (excluding diaryl/α,β-unsaturated/α-hetero) is 1. The maximum Gasteiger partial charge on any atom is 0.228 e. The van der Waals surface area contributed by atoms with E-state index in [0.29, 0.717) is 17.9 Å². The molecule has 1 aliphatic rings. The van der Waals surface area contributed by atoms with Crippen LogP contribution >= 0.6 is 0 Å². The molecule has 2 heterocycles. The highest BCUT2D eigenvalue weighted by molar-refractivity contribution is 6.00. The molecule has 0 spiro atoms. The van der Waals surface area contributed by atoms with Crippen molar-refractivity contribution in [1.29, 1.82) is 0 Å². The third-order valence-corrected chi connectivity index (χ3v) is 6.00. The summed E-state index contributed by atoms with van der Waals surface area (Å²) in [6, 6.07) is 11.9. The van der Waals surface area contributed by atoms with Gasteiger partial charge >= 0.3 is 0 Å². The molecule has 2 aromatic heterocycles. The number of benzene rings is 1. The fourth-order valence-electron chi connectivity index (χ4n) is 4.25. The SMILES string of the molecule is C[C@@H](CC(=O)Cc1cc2[nH]nc(NC(=O)C3CCCCC3)c2cn1)c1ccccc1. The number of aromatic nitrogens is 3. The summed E-state index contributed by atoms with van der Waals surface area (Å²) in [4.78, 5) is 29.5. The minimum Gasteiger partial charge on any atom is -0.308 e. The Balaban J connectivity index is 1.39. The van der Waals surface area contributed by atoms with E-state index in [1.807, 2.05) is 24.3 Å². The van der Waals surface area contributed by atoms with Gasteiger partial charge in [0.15, 0.2) is 5.82 Å². The molecular weight excluding hydrogens is 376 g/mol. The molecule has 4 rings (SSSR count). The summed E-state index contributed by atoms with van der Waals surface area (Å²) in [5.74, 6) is 0.961. The number of fused-ring (bicyclic) bond motifs is 1. The number of anilines is 1. The quantitative estimate of drug-likeness (QED) is 0.593. The number of carbonyl (C=O) groups is 2. The van der Waals surface area contributed by atoms with Crippen molar-refractivity contribution in [3.05, 3.63) is 53.9 Å². The van der Waals surface area contributed by atoms with Crippen molar-refractivity contribution in [3.8, 4) is 0 Å². The van der Waals surface area contributed by atoms with Crippen LogP contribution in [0.15, 0.2) is 42.6 Å². The van der Waals surface area contributed by atoms with E-state index in [1.165, 1.54) is 12.0 Å². The summed E-state index contributed by atoms with van der Waals surface area (Å²) in [7, 11) is 0. The Morgan fingerprint density at radius 1 is 1.17 bits per heavy atom. The molecule has 0 unspecified atom stereocenters. The monoisotopic (exact) mass is 404 g/mol. The zero-order valence-electron chi connectivity index (χ0n) is 17.4. The van der Waals surface area contributed by atoms with Crippen LogP contribution in [-0.4, -0.2) is 26.9 Å². The van der Waals surface area contributed by atoms with E-state index in [2.05, 4.69) is 39.6 Å². The van der Waals surface area contributed by atoms with Crippen molar-refractivity contribution in [2.24, 2.45) is 5.92 Å². The number of ketones is 1. The highest BCUT2D eigenvalue weighted by Crippen LogP contribution is 2.27. The Hall–Kier alpha value is -3.02. The summed E-state index contributed by atoms with van der Waals surface area (Å²) >= 11 is 0. The Kier molecular flexibility index (Phi) is 6.21. The smallest absolute Gasteiger partial charge is 0.228 e. The van der Waals surface area contributed by atoms with E-state index in [4.69, 9.17) is 0 Å². The number of H-pyrrole nitrogens is 1. The molecule has 1 aromatic carbocycles. The van der Waals surface area contributed by atoms with Crippen LogP contribution in [0, 0.1) is 5.92 Å². The van der Waals surface area contributed by atoms with Crippen LogP contribution in [-0.2, 0) is 16.0 Å². The predicted molar refractivity (Wildman–Crippen MR) is 117 cm³/mol. The molecule has 1 amide bonds. The van der Waals surface area contributed by atoms with E-state index in [-0.39, 0.29) is 29.9 Å². The molecule has 0 radical (unpaired) electrons. The topological polar surface area (TPSA) is 87.7 Å². The summed E-state index contributed by atoms with van der Waals surface area (Å²) < 4.78 is 0. The van der Waals surface area contributed by atoms with Crippen molar-refractivity contribution >= 4 is 28.4 Å². The van der Waals surface area contributed by atoms with Crippen LogP contribution in [0.25, 0.3) is 10.9 Å². The fraction of sp³-hybridized carbons (Fsp3) is 0.417. The van der Waals surface area contributed by atoms with Gasteiger partial charge in [-0.25, -0.2) is 0 Å². The number of carbonyl (C=O) groups excluding carboxylic acids is 2. The zero-order chi connectivity index (χ0) is 20.9. The van der Waals surface area contributed by atoms with Gasteiger partial charge in [-0.05, 0) is 30.4 Å². The molecule has 3 aromatic rings. The fourth-order valence-corrected chi connectivity index (χ4v) is 4.25. The van der Waals surface area contributed by atoms with Gasteiger partial charge in [0.05, 0.1) is 10.9 Å². The molecule has 1 aliphatic carbocycles. The zero-order valence-corrected chi connectivity index (χ0v) is 17.4. The van der Waals surface area contributed by atoms with Gasteiger partial charge < -0.3 is 5.32 Å². The number of rotatable bonds is 7. The van der Waals surface area contributed by atoms with E-state index >= 15 is 0 Å². The Morgan fingerprint density at radius 3 is 2.70 bits per heavy atom. The second kappa shape index (κ2) is 9.20. The van der Waals surface area contributed by atoms with Crippen LogP contribution in [0.1, 0.15) is 62.6 Å². The van der Waals surface area contributed by atoms with E-state index in [1.54, 1.807) is 6.20 Å². The van der Waals surface area contributed by atoms with Gasteiger partial charge in [-0.15, -0.1) is 0 Å². The summed E-state index contributed by atoms with van der Waals surface area (Å²) in [6.45, 7) is 2.07. The lowest BCUT2D eigenvalue weighted by molar-refractivity contribution is -0.121. The largest absolute Gasteiger partial charge is 0.308 e. The molecular formula is C24H28N4O2. The number of hydrogen-bond acceptors (Lipinski definition) is 4. The van der Waals surface area contributed by atoms with Crippen LogP contribution in [0.4, 0.5) is 5.82 Å². The number of aromatic amines is 1. The Labute approximate surface area is 176 Å². The predicted octanol–water partition coefficient (Wildman–Crippen LogP) is 4.78.